The SMILES string of the molecule is O=C(NC(Cc1ccccc1)C(=O)O)Oc1cccc(CCON(O)O)c1. The minimum absolute atomic E-state index is 0.000807. The van der Waals surface area contributed by atoms with E-state index in [1.807, 2.05) is 6.07 Å². The minimum Gasteiger partial charge on any atom is -0.480 e. The molecule has 2 rings (SSSR count). The molecule has 0 aliphatic carbocycles. The summed E-state index contributed by atoms with van der Waals surface area (Å²) in [5.74, 6) is -0.946. The molecule has 0 spiro atoms. The highest BCUT2D eigenvalue weighted by molar-refractivity contribution is 5.81. The van der Waals surface area contributed by atoms with Gasteiger partial charge in [-0.1, -0.05) is 42.5 Å². The fourth-order valence-corrected chi connectivity index (χ4v) is 2.34. The summed E-state index contributed by atoms with van der Waals surface area (Å²) in [6.45, 7) is 0.000807. The molecule has 1 unspecified atom stereocenters. The highest BCUT2D eigenvalue weighted by Gasteiger charge is 2.21. The van der Waals surface area contributed by atoms with Crippen molar-refractivity contribution < 1.29 is 34.7 Å². The Labute approximate surface area is 155 Å². The third kappa shape index (κ3) is 7.42. The van der Waals surface area contributed by atoms with Gasteiger partial charge >= 0.3 is 12.1 Å². The van der Waals surface area contributed by atoms with E-state index in [4.69, 9.17) is 15.2 Å². The molecule has 0 saturated carbocycles. The molecule has 0 bridgehead atoms. The van der Waals surface area contributed by atoms with Gasteiger partial charge in [-0.25, -0.2) is 9.59 Å². The van der Waals surface area contributed by atoms with Crippen LogP contribution in [0.1, 0.15) is 11.1 Å². The van der Waals surface area contributed by atoms with Crippen molar-refractivity contribution in [2.24, 2.45) is 0 Å². The first kappa shape index (κ1) is 20.3. The van der Waals surface area contributed by atoms with Gasteiger partial charge in [0.1, 0.15) is 11.8 Å². The normalized spacial score (nSPS) is 11.8. The fraction of sp³-hybridized carbons (Fsp3) is 0.222. The first-order valence-electron chi connectivity index (χ1n) is 8.09. The predicted molar refractivity (Wildman–Crippen MR) is 92.2 cm³/mol. The lowest BCUT2D eigenvalue weighted by Gasteiger charge is -2.15. The Morgan fingerprint density at radius 1 is 1.04 bits per heavy atom. The van der Waals surface area contributed by atoms with Crippen LogP contribution in [-0.4, -0.2) is 45.6 Å². The van der Waals surface area contributed by atoms with Crippen molar-refractivity contribution in [3.8, 4) is 5.75 Å². The molecule has 0 radical (unpaired) electrons. The summed E-state index contributed by atoms with van der Waals surface area (Å²) in [5.41, 5.74) is 1.50. The van der Waals surface area contributed by atoms with Gasteiger partial charge in [-0.3, -0.25) is 15.3 Å². The standard InChI is InChI=1S/C18H20N2O7/c21-17(22)16(12-13-5-2-1-3-6-13)19-18(23)27-15-8-4-7-14(11-15)9-10-26-20(24)25/h1-8,11,16,24-25H,9-10,12H2,(H,19,23)(H,21,22). The second-order valence-electron chi connectivity index (χ2n) is 5.60. The number of hydrogen-bond acceptors (Lipinski definition) is 7. The van der Waals surface area contributed by atoms with Crippen molar-refractivity contribution in [3.63, 3.8) is 0 Å². The topological polar surface area (TPSA) is 129 Å². The fourth-order valence-electron chi connectivity index (χ4n) is 2.34. The molecule has 144 valence electrons. The predicted octanol–water partition coefficient (Wildman–Crippen LogP) is 2.03. The van der Waals surface area contributed by atoms with Crippen LogP contribution in [0.3, 0.4) is 0 Å². The van der Waals surface area contributed by atoms with Crippen LogP contribution in [0.25, 0.3) is 0 Å². The molecule has 1 atom stereocenters. The van der Waals surface area contributed by atoms with Crippen LogP contribution in [0.15, 0.2) is 54.6 Å². The molecule has 4 N–H and O–H groups in total. The number of carbonyl (C=O) groups is 2. The van der Waals surface area contributed by atoms with Gasteiger partial charge in [-0.15, -0.1) is 0 Å². The first-order valence-corrected chi connectivity index (χ1v) is 8.09. The van der Waals surface area contributed by atoms with E-state index in [0.717, 1.165) is 11.1 Å². The molecule has 9 nitrogen and oxygen atoms in total. The van der Waals surface area contributed by atoms with Crippen LogP contribution in [-0.2, 0) is 22.5 Å². The average molecular weight is 376 g/mol. The molecule has 0 saturated heterocycles. The highest BCUT2D eigenvalue weighted by atomic mass is 17.1. The zero-order valence-corrected chi connectivity index (χ0v) is 14.3. The lowest BCUT2D eigenvalue weighted by Crippen LogP contribution is -2.43. The average Bonchev–Trinajstić information content (AvgIpc) is 2.62. The molecule has 2 aromatic rings. The zero-order chi connectivity index (χ0) is 19.6. The molecule has 0 aliphatic rings. The molecule has 9 heteroatoms. The van der Waals surface area contributed by atoms with Gasteiger partial charge in [-0.2, -0.15) is 0 Å². The van der Waals surface area contributed by atoms with Crippen molar-refractivity contribution in [2.45, 2.75) is 18.9 Å². The van der Waals surface area contributed by atoms with E-state index in [9.17, 15) is 14.7 Å². The molecular weight excluding hydrogens is 356 g/mol. The van der Waals surface area contributed by atoms with Crippen molar-refractivity contribution >= 4 is 12.1 Å². The quantitative estimate of drug-likeness (QED) is 0.489. The molecule has 27 heavy (non-hydrogen) atoms. The second-order valence-corrected chi connectivity index (χ2v) is 5.60. The third-order valence-corrected chi connectivity index (χ3v) is 3.58. The number of benzene rings is 2. The highest BCUT2D eigenvalue weighted by Crippen LogP contribution is 2.14. The zero-order valence-electron chi connectivity index (χ0n) is 14.3. The Hall–Kier alpha value is -2.98. The van der Waals surface area contributed by atoms with Crippen LogP contribution in [0.2, 0.25) is 0 Å². The van der Waals surface area contributed by atoms with E-state index >= 15 is 0 Å². The first-order chi connectivity index (χ1) is 12.9. The lowest BCUT2D eigenvalue weighted by molar-refractivity contribution is -0.492. The van der Waals surface area contributed by atoms with Crippen LogP contribution >= 0.6 is 0 Å². The largest absolute Gasteiger partial charge is 0.480 e. The van der Waals surface area contributed by atoms with Gasteiger partial charge in [0.2, 0.25) is 0 Å². The number of aliphatic carboxylic acids is 1. The summed E-state index contributed by atoms with van der Waals surface area (Å²) in [7, 11) is 0. The summed E-state index contributed by atoms with van der Waals surface area (Å²) in [6.07, 6.45) is -0.424. The van der Waals surface area contributed by atoms with Gasteiger partial charge in [0, 0.05) is 6.42 Å². The van der Waals surface area contributed by atoms with Crippen LogP contribution in [0, 0.1) is 0 Å². The number of carbonyl (C=O) groups excluding carboxylic acids is 1. The summed E-state index contributed by atoms with van der Waals surface area (Å²) in [4.78, 5) is 27.9. The second kappa shape index (κ2) is 10.2. The summed E-state index contributed by atoms with van der Waals surface area (Å²) < 4.78 is 5.14. The third-order valence-electron chi connectivity index (χ3n) is 3.58. The van der Waals surface area contributed by atoms with Crippen molar-refractivity contribution in [3.05, 3.63) is 65.7 Å². The van der Waals surface area contributed by atoms with E-state index in [1.54, 1.807) is 48.5 Å². The Balaban J connectivity index is 1.92. The Bertz CT molecular complexity index is 752. The van der Waals surface area contributed by atoms with E-state index in [-0.39, 0.29) is 24.2 Å². The number of nitrogens with zero attached hydrogens (tertiary/aromatic N) is 1. The van der Waals surface area contributed by atoms with Crippen LogP contribution < -0.4 is 10.1 Å². The monoisotopic (exact) mass is 376 g/mol. The van der Waals surface area contributed by atoms with Crippen LogP contribution in [0.4, 0.5) is 4.79 Å². The van der Waals surface area contributed by atoms with Gasteiger partial charge in [0.25, 0.3) is 0 Å². The smallest absolute Gasteiger partial charge is 0.413 e. The maximum absolute atomic E-state index is 12.0. The maximum atomic E-state index is 12.0. The summed E-state index contributed by atoms with van der Waals surface area (Å²) >= 11 is 0. The van der Waals surface area contributed by atoms with E-state index in [0.29, 0.717) is 6.42 Å². The number of nitrogens with one attached hydrogen (secondary N) is 1. The van der Waals surface area contributed by atoms with Crippen molar-refractivity contribution in [2.75, 3.05) is 6.61 Å². The van der Waals surface area contributed by atoms with Crippen molar-refractivity contribution in [1.29, 1.82) is 0 Å². The van der Waals surface area contributed by atoms with Gasteiger partial charge in [-0.05, 0) is 29.7 Å². The van der Waals surface area contributed by atoms with E-state index < -0.39 is 18.1 Å². The Kier molecular flexibility index (Phi) is 7.71. The summed E-state index contributed by atoms with van der Waals surface area (Å²) in [6, 6.07) is 14.3. The minimum atomic E-state index is -1.17. The van der Waals surface area contributed by atoms with E-state index in [1.165, 1.54) is 0 Å². The molecule has 1 amide bonds. The molecule has 0 heterocycles. The number of carboxylic acid groups (broad SMARTS) is 1. The number of ether oxygens (including phenoxy) is 1. The molecule has 0 aliphatic heterocycles. The van der Waals surface area contributed by atoms with Gasteiger partial charge < -0.3 is 15.2 Å². The number of amides is 1. The lowest BCUT2D eigenvalue weighted by atomic mass is 10.1. The number of carboxylic acids is 1. The van der Waals surface area contributed by atoms with E-state index in [2.05, 4.69) is 10.2 Å². The molecule has 0 fully saturated rings. The maximum Gasteiger partial charge on any atom is 0.413 e. The molecule has 2 aromatic carbocycles. The Morgan fingerprint density at radius 2 is 1.74 bits per heavy atom. The number of rotatable bonds is 9. The molecule has 0 aromatic heterocycles. The van der Waals surface area contributed by atoms with Gasteiger partial charge in [0.05, 0.1) is 12.0 Å². The molecular formula is C18H20N2O7. The Morgan fingerprint density at radius 3 is 2.41 bits per heavy atom. The van der Waals surface area contributed by atoms with Crippen LogP contribution in [0.5, 0.6) is 5.75 Å². The van der Waals surface area contributed by atoms with Crippen molar-refractivity contribution in [1.82, 2.24) is 10.7 Å². The number of hydrogen-bond donors (Lipinski definition) is 4. The summed E-state index contributed by atoms with van der Waals surface area (Å²) in [5, 5.41) is 28.2. The van der Waals surface area contributed by atoms with Gasteiger partial charge in [0.15, 0.2) is 0 Å².